The molecule has 4 heteroatoms. The van der Waals surface area contributed by atoms with Crippen LogP contribution in [-0.4, -0.2) is 21.0 Å². The van der Waals surface area contributed by atoms with Crippen LogP contribution in [0.1, 0.15) is 26.1 Å². The van der Waals surface area contributed by atoms with Crippen LogP contribution in [0.15, 0.2) is 35.7 Å². The van der Waals surface area contributed by atoms with Gasteiger partial charge in [0.1, 0.15) is 0 Å². The van der Waals surface area contributed by atoms with E-state index in [0.717, 1.165) is 11.1 Å². The zero-order valence-corrected chi connectivity index (χ0v) is 9.84. The van der Waals surface area contributed by atoms with Crippen molar-refractivity contribution in [1.29, 1.82) is 0 Å². The van der Waals surface area contributed by atoms with E-state index in [4.69, 9.17) is 0 Å². The Bertz CT molecular complexity index is 503. The smallest absolute Gasteiger partial charge is 0.336 e. The lowest BCUT2D eigenvalue weighted by atomic mass is 9.85. The third-order valence-corrected chi connectivity index (χ3v) is 3.05. The molecule has 4 nitrogen and oxygen atoms in total. The number of aliphatic carboxylic acids is 1. The van der Waals surface area contributed by atoms with Gasteiger partial charge < -0.3 is 5.11 Å². The summed E-state index contributed by atoms with van der Waals surface area (Å²) in [6.07, 6.45) is 5.66. The van der Waals surface area contributed by atoms with Gasteiger partial charge in [-0.3, -0.25) is 0 Å². The molecule has 0 radical (unpaired) electrons. The molecular formula is C13H14N2O2. The van der Waals surface area contributed by atoms with Crippen molar-refractivity contribution >= 4 is 11.5 Å². The quantitative estimate of drug-likeness (QED) is 0.846. The Morgan fingerprint density at radius 1 is 1.41 bits per heavy atom. The average molecular weight is 230 g/mol. The summed E-state index contributed by atoms with van der Waals surface area (Å²) >= 11 is 0. The zero-order valence-electron chi connectivity index (χ0n) is 9.84. The molecule has 1 atom stereocenters. The Morgan fingerprint density at radius 2 is 2.06 bits per heavy atom. The van der Waals surface area contributed by atoms with Crippen molar-refractivity contribution in [2.24, 2.45) is 5.92 Å². The molecule has 1 aliphatic carbocycles. The van der Waals surface area contributed by atoms with Crippen molar-refractivity contribution < 1.29 is 9.90 Å². The average Bonchev–Trinajstić information content (AvgIpc) is 2.33. The van der Waals surface area contributed by atoms with Crippen LogP contribution in [0.3, 0.4) is 0 Å². The standard InChI is InChI=1S/C13H14N2O2/c1-8-6-10(12-14-4-3-5-15-12)11(13(16)17)7-9(8)2/h3-5,7-8H,6H2,1-2H3,(H,16,17). The second kappa shape index (κ2) is 4.49. The van der Waals surface area contributed by atoms with Crippen molar-refractivity contribution in [1.82, 2.24) is 9.97 Å². The summed E-state index contributed by atoms with van der Waals surface area (Å²) in [5, 5.41) is 9.22. The maximum atomic E-state index is 11.2. The number of carbonyl (C=O) groups is 1. The highest BCUT2D eigenvalue weighted by molar-refractivity contribution is 5.99. The minimum absolute atomic E-state index is 0.312. The van der Waals surface area contributed by atoms with E-state index in [9.17, 15) is 9.90 Å². The van der Waals surface area contributed by atoms with Crippen molar-refractivity contribution in [2.75, 3.05) is 0 Å². The van der Waals surface area contributed by atoms with E-state index in [1.54, 1.807) is 24.5 Å². The Kier molecular flexibility index (Phi) is 3.04. The topological polar surface area (TPSA) is 63.1 Å². The monoisotopic (exact) mass is 230 g/mol. The molecular weight excluding hydrogens is 216 g/mol. The summed E-state index contributed by atoms with van der Waals surface area (Å²) in [6, 6.07) is 1.72. The highest BCUT2D eigenvalue weighted by Crippen LogP contribution is 2.33. The number of carboxylic acid groups (broad SMARTS) is 1. The van der Waals surface area contributed by atoms with Gasteiger partial charge in [-0.15, -0.1) is 0 Å². The summed E-state index contributed by atoms with van der Waals surface area (Å²) in [7, 11) is 0. The van der Waals surface area contributed by atoms with Crippen LogP contribution in [0.2, 0.25) is 0 Å². The van der Waals surface area contributed by atoms with Gasteiger partial charge in [-0.1, -0.05) is 12.5 Å². The first kappa shape index (κ1) is 11.5. The fourth-order valence-corrected chi connectivity index (χ4v) is 1.89. The van der Waals surface area contributed by atoms with Crippen LogP contribution >= 0.6 is 0 Å². The van der Waals surface area contributed by atoms with Gasteiger partial charge in [0.05, 0.1) is 5.57 Å². The van der Waals surface area contributed by atoms with Gasteiger partial charge in [-0.25, -0.2) is 14.8 Å². The van der Waals surface area contributed by atoms with E-state index >= 15 is 0 Å². The van der Waals surface area contributed by atoms with Gasteiger partial charge in [0.15, 0.2) is 5.82 Å². The van der Waals surface area contributed by atoms with Crippen LogP contribution in [0.5, 0.6) is 0 Å². The molecule has 2 rings (SSSR count). The van der Waals surface area contributed by atoms with Crippen molar-refractivity contribution in [3.05, 3.63) is 41.5 Å². The van der Waals surface area contributed by atoms with Crippen molar-refractivity contribution in [2.45, 2.75) is 20.3 Å². The SMILES string of the molecule is CC1=CC(C(=O)O)=C(c2ncccn2)CC1C. The second-order valence-corrected chi connectivity index (χ2v) is 4.26. The molecule has 88 valence electrons. The molecule has 1 aromatic heterocycles. The summed E-state index contributed by atoms with van der Waals surface area (Å²) in [5.41, 5.74) is 2.12. The van der Waals surface area contributed by atoms with E-state index in [2.05, 4.69) is 16.9 Å². The molecule has 17 heavy (non-hydrogen) atoms. The third kappa shape index (κ3) is 2.25. The van der Waals surface area contributed by atoms with Gasteiger partial charge in [-0.2, -0.15) is 0 Å². The Labute approximate surface area is 99.7 Å². The van der Waals surface area contributed by atoms with Gasteiger partial charge in [0.2, 0.25) is 0 Å². The second-order valence-electron chi connectivity index (χ2n) is 4.26. The number of nitrogens with zero attached hydrogens (tertiary/aromatic N) is 2. The van der Waals surface area contributed by atoms with E-state index in [-0.39, 0.29) is 0 Å². The first-order valence-electron chi connectivity index (χ1n) is 5.51. The molecule has 0 spiro atoms. The molecule has 1 aromatic rings. The molecule has 1 N–H and O–H groups in total. The Balaban J connectivity index is 2.54. The number of allylic oxidation sites excluding steroid dienone is 2. The minimum Gasteiger partial charge on any atom is -0.478 e. The maximum absolute atomic E-state index is 11.2. The first-order valence-corrected chi connectivity index (χ1v) is 5.51. The molecule has 1 aliphatic rings. The highest BCUT2D eigenvalue weighted by Gasteiger charge is 2.23. The summed E-state index contributed by atoms with van der Waals surface area (Å²) in [5.74, 6) is -0.0730. The zero-order chi connectivity index (χ0) is 12.4. The Hall–Kier alpha value is -1.97. The fraction of sp³-hybridized carbons (Fsp3) is 0.308. The van der Waals surface area contributed by atoms with E-state index in [1.807, 2.05) is 6.92 Å². The Morgan fingerprint density at radius 3 is 2.65 bits per heavy atom. The number of carboxylic acids is 1. The van der Waals surface area contributed by atoms with Crippen molar-refractivity contribution in [3.63, 3.8) is 0 Å². The predicted octanol–water partition coefficient (Wildman–Crippen LogP) is 2.30. The first-order chi connectivity index (χ1) is 8.09. The lowest BCUT2D eigenvalue weighted by Gasteiger charge is -2.21. The molecule has 0 saturated heterocycles. The lowest BCUT2D eigenvalue weighted by molar-refractivity contribution is -0.132. The lowest BCUT2D eigenvalue weighted by Crippen LogP contribution is -2.13. The molecule has 0 saturated carbocycles. The number of rotatable bonds is 2. The fourth-order valence-electron chi connectivity index (χ4n) is 1.89. The van der Waals surface area contributed by atoms with Gasteiger partial charge in [-0.05, 0) is 31.4 Å². The normalized spacial score (nSPS) is 20.1. The van der Waals surface area contributed by atoms with Crippen LogP contribution in [0.4, 0.5) is 0 Å². The van der Waals surface area contributed by atoms with E-state index in [0.29, 0.717) is 23.7 Å². The molecule has 1 unspecified atom stereocenters. The third-order valence-electron chi connectivity index (χ3n) is 3.05. The van der Waals surface area contributed by atoms with Gasteiger partial charge in [0, 0.05) is 18.0 Å². The molecule has 0 aromatic carbocycles. The van der Waals surface area contributed by atoms with Crippen LogP contribution in [-0.2, 0) is 4.79 Å². The number of aromatic nitrogens is 2. The summed E-state index contributed by atoms with van der Waals surface area (Å²) in [4.78, 5) is 19.5. The molecule has 0 amide bonds. The minimum atomic E-state index is -0.918. The summed E-state index contributed by atoms with van der Waals surface area (Å²) in [6.45, 7) is 4.03. The predicted molar refractivity (Wildman–Crippen MR) is 64.1 cm³/mol. The molecule has 0 aliphatic heterocycles. The number of hydrogen-bond acceptors (Lipinski definition) is 3. The molecule has 1 heterocycles. The van der Waals surface area contributed by atoms with Crippen LogP contribution < -0.4 is 0 Å². The van der Waals surface area contributed by atoms with Gasteiger partial charge in [0.25, 0.3) is 0 Å². The molecule has 0 fully saturated rings. The number of hydrogen-bond donors (Lipinski definition) is 1. The van der Waals surface area contributed by atoms with E-state index < -0.39 is 5.97 Å². The highest BCUT2D eigenvalue weighted by atomic mass is 16.4. The van der Waals surface area contributed by atoms with Gasteiger partial charge >= 0.3 is 5.97 Å². The molecule has 0 bridgehead atoms. The van der Waals surface area contributed by atoms with Crippen molar-refractivity contribution in [3.8, 4) is 0 Å². The van der Waals surface area contributed by atoms with E-state index in [1.165, 1.54) is 0 Å². The maximum Gasteiger partial charge on any atom is 0.336 e. The summed E-state index contributed by atoms with van der Waals surface area (Å²) < 4.78 is 0. The van der Waals surface area contributed by atoms with Crippen LogP contribution in [0.25, 0.3) is 5.57 Å². The van der Waals surface area contributed by atoms with Crippen LogP contribution in [0, 0.1) is 5.92 Å². The largest absolute Gasteiger partial charge is 0.478 e.